The zero-order valence-electron chi connectivity index (χ0n) is 15.6. The molecule has 0 bridgehead atoms. The zero-order valence-corrected chi connectivity index (χ0v) is 15.6. The molecular formula is C19H30N2O3. The van der Waals surface area contributed by atoms with Crippen molar-refractivity contribution in [3.8, 4) is 0 Å². The predicted octanol–water partition coefficient (Wildman–Crippen LogP) is 2.50. The van der Waals surface area contributed by atoms with E-state index < -0.39 is 6.04 Å². The number of methoxy groups -OCH3 is 1. The number of ether oxygens (including phenoxy) is 1. The van der Waals surface area contributed by atoms with Crippen molar-refractivity contribution in [1.82, 2.24) is 10.6 Å². The smallest absolute Gasteiger partial charge is 0.251 e. The summed E-state index contributed by atoms with van der Waals surface area (Å²) < 4.78 is 4.92. The summed E-state index contributed by atoms with van der Waals surface area (Å²) in [7, 11) is 1.58. The molecule has 2 N–H and O–H groups in total. The minimum atomic E-state index is -0.573. The summed E-state index contributed by atoms with van der Waals surface area (Å²) in [5.41, 5.74) is 1.76. The molecular weight excluding hydrogens is 304 g/mol. The van der Waals surface area contributed by atoms with Crippen molar-refractivity contribution in [2.75, 3.05) is 20.3 Å². The van der Waals surface area contributed by atoms with Gasteiger partial charge in [-0.05, 0) is 29.0 Å². The van der Waals surface area contributed by atoms with E-state index in [9.17, 15) is 9.59 Å². The topological polar surface area (TPSA) is 67.4 Å². The molecule has 0 radical (unpaired) electrons. The molecule has 0 fully saturated rings. The Hall–Kier alpha value is -1.88. The monoisotopic (exact) mass is 334 g/mol. The Balaban J connectivity index is 2.76. The lowest BCUT2D eigenvalue weighted by molar-refractivity contribution is -0.124. The first kappa shape index (κ1) is 20.2. The maximum absolute atomic E-state index is 12.4. The van der Waals surface area contributed by atoms with Gasteiger partial charge in [0.1, 0.15) is 6.04 Å². The van der Waals surface area contributed by atoms with Crippen LogP contribution in [0.5, 0.6) is 0 Å². The van der Waals surface area contributed by atoms with Gasteiger partial charge >= 0.3 is 0 Å². The summed E-state index contributed by atoms with van der Waals surface area (Å²) >= 11 is 0. The Morgan fingerprint density at radius 3 is 2.17 bits per heavy atom. The van der Waals surface area contributed by atoms with E-state index in [4.69, 9.17) is 4.74 Å². The molecule has 0 saturated carbocycles. The molecule has 0 aliphatic carbocycles. The summed E-state index contributed by atoms with van der Waals surface area (Å²) in [6, 6.07) is 6.94. The van der Waals surface area contributed by atoms with Crippen LogP contribution in [0.25, 0.3) is 0 Å². The minimum absolute atomic E-state index is 0.00894. The lowest BCUT2D eigenvalue weighted by Gasteiger charge is -2.22. The number of carbonyl (C=O) groups is 2. The molecule has 24 heavy (non-hydrogen) atoms. The van der Waals surface area contributed by atoms with E-state index in [1.54, 1.807) is 19.2 Å². The van der Waals surface area contributed by atoms with Crippen LogP contribution in [-0.2, 0) is 14.9 Å². The highest BCUT2D eigenvalue weighted by Crippen LogP contribution is 2.22. The number of amides is 2. The first-order valence-electron chi connectivity index (χ1n) is 8.35. The van der Waals surface area contributed by atoms with E-state index in [1.165, 1.54) is 0 Å². The highest BCUT2D eigenvalue weighted by atomic mass is 16.5. The maximum Gasteiger partial charge on any atom is 0.251 e. The molecule has 1 rings (SSSR count). The van der Waals surface area contributed by atoms with Gasteiger partial charge in [-0.1, -0.05) is 46.8 Å². The molecule has 0 spiro atoms. The van der Waals surface area contributed by atoms with Crippen molar-refractivity contribution >= 4 is 11.8 Å². The SMILES string of the molecule is COCCNC(=O)C(NC(=O)c1ccc(C(C)(C)C)cc1)C(C)C. The van der Waals surface area contributed by atoms with Crippen LogP contribution in [0, 0.1) is 5.92 Å². The molecule has 1 aromatic rings. The first-order chi connectivity index (χ1) is 11.2. The number of rotatable bonds is 7. The van der Waals surface area contributed by atoms with Gasteiger partial charge in [0.15, 0.2) is 0 Å². The first-order valence-corrected chi connectivity index (χ1v) is 8.35. The van der Waals surface area contributed by atoms with Crippen molar-refractivity contribution in [2.24, 2.45) is 5.92 Å². The molecule has 5 heteroatoms. The second-order valence-corrected chi connectivity index (χ2v) is 7.31. The van der Waals surface area contributed by atoms with Crippen LogP contribution in [-0.4, -0.2) is 38.1 Å². The van der Waals surface area contributed by atoms with Crippen LogP contribution in [0.1, 0.15) is 50.5 Å². The fourth-order valence-electron chi connectivity index (χ4n) is 2.27. The number of nitrogens with one attached hydrogen (secondary N) is 2. The van der Waals surface area contributed by atoms with Crippen molar-refractivity contribution in [3.05, 3.63) is 35.4 Å². The van der Waals surface area contributed by atoms with Crippen LogP contribution in [0.15, 0.2) is 24.3 Å². The van der Waals surface area contributed by atoms with Gasteiger partial charge in [-0.25, -0.2) is 0 Å². The highest BCUT2D eigenvalue weighted by molar-refractivity contribution is 5.97. The van der Waals surface area contributed by atoms with Crippen molar-refractivity contribution in [1.29, 1.82) is 0 Å². The lowest BCUT2D eigenvalue weighted by Crippen LogP contribution is -2.50. The summed E-state index contributed by atoms with van der Waals surface area (Å²) in [5.74, 6) is -0.442. The van der Waals surface area contributed by atoms with Gasteiger partial charge in [0.05, 0.1) is 6.61 Å². The molecule has 0 aromatic heterocycles. The lowest BCUT2D eigenvalue weighted by atomic mass is 9.86. The van der Waals surface area contributed by atoms with E-state index in [0.717, 1.165) is 5.56 Å². The molecule has 1 atom stereocenters. The van der Waals surface area contributed by atoms with E-state index in [1.807, 2.05) is 26.0 Å². The summed E-state index contributed by atoms with van der Waals surface area (Å²) in [4.78, 5) is 24.7. The van der Waals surface area contributed by atoms with Gasteiger partial charge in [0.2, 0.25) is 5.91 Å². The third-order valence-corrected chi connectivity index (χ3v) is 3.85. The number of hydrogen-bond donors (Lipinski definition) is 2. The normalized spacial score (nSPS) is 12.8. The molecule has 0 saturated heterocycles. The predicted molar refractivity (Wildman–Crippen MR) is 96.1 cm³/mol. The molecule has 2 amide bonds. The van der Waals surface area contributed by atoms with E-state index >= 15 is 0 Å². The summed E-state index contributed by atoms with van der Waals surface area (Å²) in [6.45, 7) is 11.1. The van der Waals surface area contributed by atoms with Gasteiger partial charge in [-0.3, -0.25) is 9.59 Å². The third-order valence-electron chi connectivity index (χ3n) is 3.85. The second kappa shape index (κ2) is 8.83. The van der Waals surface area contributed by atoms with E-state index in [0.29, 0.717) is 18.7 Å². The summed E-state index contributed by atoms with van der Waals surface area (Å²) in [6.07, 6.45) is 0. The van der Waals surface area contributed by atoms with Gasteiger partial charge in [-0.2, -0.15) is 0 Å². The van der Waals surface area contributed by atoms with Crippen molar-refractivity contribution in [3.63, 3.8) is 0 Å². The Kier molecular flexibility index (Phi) is 7.42. The van der Waals surface area contributed by atoms with Crippen LogP contribution in [0.4, 0.5) is 0 Å². The minimum Gasteiger partial charge on any atom is -0.383 e. The Morgan fingerprint density at radius 2 is 1.71 bits per heavy atom. The Labute approximate surface area is 145 Å². The summed E-state index contributed by atoms with van der Waals surface area (Å²) in [5, 5.41) is 5.60. The zero-order chi connectivity index (χ0) is 18.3. The van der Waals surface area contributed by atoms with Crippen molar-refractivity contribution in [2.45, 2.75) is 46.1 Å². The van der Waals surface area contributed by atoms with Gasteiger partial charge in [-0.15, -0.1) is 0 Å². The fraction of sp³-hybridized carbons (Fsp3) is 0.579. The van der Waals surface area contributed by atoms with E-state index in [-0.39, 0.29) is 23.1 Å². The Bertz CT molecular complexity index is 545. The van der Waals surface area contributed by atoms with Crippen LogP contribution in [0.3, 0.4) is 0 Å². The second-order valence-electron chi connectivity index (χ2n) is 7.31. The Morgan fingerprint density at radius 1 is 1.12 bits per heavy atom. The average molecular weight is 334 g/mol. The molecule has 0 heterocycles. The quantitative estimate of drug-likeness (QED) is 0.753. The number of hydrogen-bond acceptors (Lipinski definition) is 3. The number of carbonyl (C=O) groups excluding carboxylic acids is 2. The maximum atomic E-state index is 12.4. The van der Waals surface area contributed by atoms with Crippen LogP contribution in [0.2, 0.25) is 0 Å². The molecule has 134 valence electrons. The molecule has 0 aliphatic heterocycles. The van der Waals surface area contributed by atoms with Gasteiger partial charge in [0.25, 0.3) is 5.91 Å². The average Bonchev–Trinajstić information content (AvgIpc) is 2.51. The van der Waals surface area contributed by atoms with Gasteiger partial charge in [0, 0.05) is 19.2 Å². The molecule has 1 unspecified atom stereocenters. The fourth-order valence-corrected chi connectivity index (χ4v) is 2.27. The van der Waals surface area contributed by atoms with Crippen LogP contribution >= 0.6 is 0 Å². The third kappa shape index (κ3) is 5.96. The van der Waals surface area contributed by atoms with Gasteiger partial charge < -0.3 is 15.4 Å². The van der Waals surface area contributed by atoms with Crippen LogP contribution < -0.4 is 10.6 Å². The van der Waals surface area contributed by atoms with Crippen molar-refractivity contribution < 1.29 is 14.3 Å². The molecule has 1 aromatic carbocycles. The van der Waals surface area contributed by atoms with E-state index in [2.05, 4.69) is 31.4 Å². The molecule has 5 nitrogen and oxygen atoms in total. The largest absolute Gasteiger partial charge is 0.383 e. The number of benzene rings is 1. The highest BCUT2D eigenvalue weighted by Gasteiger charge is 2.24. The molecule has 0 aliphatic rings. The standard InChI is InChI=1S/C19H30N2O3/c1-13(2)16(18(23)20-11-12-24-6)21-17(22)14-7-9-15(10-8-14)19(3,4)5/h7-10,13,16H,11-12H2,1-6H3,(H,20,23)(H,21,22).